The average molecular weight is 371 g/mol. The molecule has 1 aromatic heterocycles. The fraction of sp³-hybridized carbons (Fsp3) is 0.450. The predicted octanol–water partition coefficient (Wildman–Crippen LogP) is 2.73. The topological polar surface area (TPSA) is 84.7 Å². The minimum absolute atomic E-state index is 0.0327. The quantitative estimate of drug-likeness (QED) is 0.789. The van der Waals surface area contributed by atoms with Crippen molar-refractivity contribution in [2.75, 3.05) is 33.4 Å². The number of likely N-dealkylation sites (tertiary alicyclic amines) is 1. The van der Waals surface area contributed by atoms with Crippen LogP contribution in [0.25, 0.3) is 11.3 Å². The van der Waals surface area contributed by atoms with Gasteiger partial charge in [-0.1, -0.05) is 31.0 Å². The summed E-state index contributed by atoms with van der Waals surface area (Å²) in [6.45, 7) is 2.29. The molecule has 2 aromatic rings. The third-order valence-corrected chi connectivity index (χ3v) is 4.67. The number of ether oxygens (including phenoxy) is 1. The highest BCUT2D eigenvalue weighted by Gasteiger charge is 2.25. The minimum Gasteiger partial charge on any atom is -0.443 e. The van der Waals surface area contributed by atoms with E-state index in [1.54, 1.807) is 19.2 Å². The van der Waals surface area contributed by atoms with E-state index in [2.05, 4.69) is 10.3 Å². The summed E-state index contributed by atoms with van der Waals surface area (Å²) in [5.74, 6) is -0.0776. The molecule has 1 fully saturated rings. The fourth-order valence-electron chi connectivity index (χ4n) is 3.26. The van der Waals surface area contributed by atoms with Crippen molar-refractivity contribution in [1.29, 1.82) is 0 Å². The molecule has 1 N–H and O–H groups in total. The lowest BCUT2D eigenvalue weighted by atomic mass is 10.0. The van der Waals surface area contributed by atoms with Crippen molar-refractivity contribution in [3.63, 3.8) is 0 Å². The molecular weight excluding hydrogens is 346 g/mol. The van der Waals surface area contributed by atoms with Crippen molar-refractivity contribution in [2.24, 2.45) is 0 Å². The van der Waals surface area contributed by atoms with Crippen LogP contribution in [0.3, 0.4) is 0 Å². The lowest BCUT2D eigenvalue weighted by molar-refractivity contribution is 0.0761. The Bertz CT molecular complexity index is 779. The smallest absolute Gasteiger partial charge is 0.274 e. The Morgan fingerprint density at radius 2 is 1.93 bits per heavy atom. The molecule has 2 heterocycles. The van der Waals surface area contributed by atoms with E-state index < -0.39 is 0 Å². The molecule has 27 heavy (non-hydrogen) atoms. The second kappa shape index (κ2) is 9.32. The number of carbonyl (C=O) groups is 2. The standard InChI is InChI=1S/C20H25N3O4/c1-26-13-10-21-19(24)17-18(27-14-22-17)15-8-4-5-9-16(15)20(25)23-11-6-2-3-7-12-23/h4-5,8-9,14H,2-3,6-7,10-13H2,1H3,(H,21,24). The molecule has 7 heteroatoms. The molecule has 1 aliphatic rings. The van der Waals surface area contributed by atoms with E-state index in [0.29, 0.717) is 30.0 Å². The van der Waals surface area contributed by atoms with Crippen LogP contribution in [-0.2, 0) is 4.74 Å². The third-order valence-electron chi connectivity index (χ3n) is 4.67. The lowest BCUT2D eigenvalue weighted by Gasteiger charge is -2.21. The molecule has 0 aliphatic carbocycles. The van der Waals surface area contributed by atoms with E-state index in [4.69, 9.17) is 9.15 Å². The first-order chi connectivity index (χ1) is 13.2. The molecule has 0 atom stereocenters. The minimum atomic E-state index is -0.354. The number of amides is 2. The highest BCUT2D eigenvalue weighted by molar-refractivity contribution is 6.04. The van der Waals surface area contributed by atoms with Gasteiger partial charge in [0, 0.05) is 32.3 Å². The summed E-state index contributed by atoms with van der Waals surface area (Å²) in [4.78, 5) is 31.5. The van der Waals surface area contributed by atoms with E-state index in [1.807, 2.05) is 17.0 Å². The van der Waals surface area contributed by atoms with Crippen LogP contribution < -0.4 is 5.32 Å². The molecule has 0 unspecified atom stereocenters. The lowest BCUT2D eigenvalue weighted by Crippen LogP contribution is -2.32. The van der Waals surface area contributed by atoms with Gasteiger partial charge in [-0.15, -0.1) is 0 Å². The summed E-state index contributed by atoms with van der Waals surface area (Å²) in [5, 5.41) is 2.73. The summed E-state index contributed by atoms with van der Waals surface area (Å²) >= 11 is 0. The molecule has 1 aliphatic heterocycles. The first-order valence-corrected chi connectivity index (χ1v) is 9.31. The van der Waals surface area contributed by atoms with Gasteiger partial charge in [-0.3, -0.25) is 9.59 Å². The highest BCUT2D eigenvalue weighted by atomic mass is 16.5. The van der Waals surface area contributed by atoms with Gasteiger partial charge in [0.15, 0.2) is 17.8 Å². The van der Waals surface area contributed by atoms with Gasteiger partial charge in [-0.2, -0.15) is 0 Å². The van der Waals surface area contributed by atoms with Crippen LogP contribution in [0, 0.1) is 0 Å². The van der Waals surface area contributed by atoms with Crippen LogP contribution >= 0.6 is 0 Å². The molecular formula is C20H25N3O4. The Kier molecular flexibility index (Phi) is 6.59. The van der Waals surface area contributed by atoms with Crippen LogP contribution in [0.15, 0.2) is 35.1 Å². The number of carbonyl (C=O) groups excluding carboxylic acids is 2. The summed E-state index contributed by atoms with van der Waals surface area (Å²) in [6.07, 6.45) is 5.57. The summed E-state index contributed by atoms with van der Waals surface area (Å²) in [6, 6.07) is 7.21. The first-order valence-electron chi connectivity index (χ1n) is 9.31. The van der Waals surface area contributed by atoms with E-state index in [1.165, 1.54) is 6.39 Å². The van der Waals surface area contributed by atoms with Gasteiger partial charge in [0.2, 0.25) is 0 Å². The molecule has 2 amide bonds. The van der Waals surface area contributed by atoms with Gasteiger partial charge in [-0.25, -0.2) is 4.98 Å². The zero-order chi connectivity index (χ0) is 19.1. The van der Waals surface area contributed by atoms with E-state index in [-0.39, 0.29) is 17.5 Å². The summed E-state index contributed by atoms with van der Waals surface area (Å²) in [5.41, 5.74) is 1.28. The number of oxazole rings is 1. The molecule has 1 aromatic carbocycles. The van der Waals surface area contributed by atoms with Gasteiger partial charge >= 0.3 is 0 Å². The first kappa shape index (κ1) is 19.1. The Morgan fingerprint density at radius 3 is 2.67 bits per heavy atom. The van der Waals surface area contributed by atoms with Gasteiger partial charge in [-0.05, 0) is 18.9 Å². The Labute approximate surface area is 158 Å². The van der Waals surface area contributed by atoms with Crippen LogP contribution in [0.2, 0.25) is 0 Å². The van der Waals surface area contributed by atoms with E-state index in [9.17, 15) is 9.59 Å². The van der Waals surface area contributed by atoms with Gasteiger partial charge in [0.25, 0.3) is 11.8 Å². The van der Waals surface area contributed by atoms with E-state index in [0.717, 1.165) is 38.8 Å². The van der Waals surface area contributed by atoms with Crippen molar-refractivity contribution in [1.82, 2.24) is 15.2 Å². The Hall–Kier alpha value is -2.67. The second-order valence-corrected chi connectivity index (χ2v) is 6.53. The fourth-order valence-corrected chi connectivity index (χ4v) is 3.26. The largest absolute Gasteiger partial charge is 0.443 e. The zero-order valence-corrected chi connectivity index (χ0v) is 15.6. The third kappa shape index (κ3) is 4.54. The monoisotopic (exact) mass is 371 g/mol. The molecule has 144 valence electrons. The van der Waals surface area contributed by atoms with Crippen molar-refractivity contribution in [3.05, 3.63) is 41.9 Å². The predicted molar refractivity (Wildman–Crippen MR) is 101 cm³/mol. The summed E-state index contributed by atoms with van der Waals surface area (Å²) in [7, 11) is 1.57. The molecule has 0 spiro atoms. The maximum absolute atomic E-state index is 13.1. The number of rotatable bonds is 6. The van der Waals surface area contributed by atoms with Crippen molar-refractivity contribution >= 4 is 11.8 Å². The number of hydrogen-bond donors (Lipinski definition) is 1. The van der Waals surface area contributed by atoms with Crippen LogP contribution in [0.5, 0.6) is 0 Å². The second-order valence-electron chi connectivity index (χ2n) is 6.53. The zero-order valence-electron chi connectivity index (χ0n) is 15.6. The van der Waals surface area contributed by atoms with Gasteiger partial charge < -0.3 is 19.4 Å². The van der Waals surface area contributed by atoms with Gasteiger partial charge in [0.1, 0.15) is 0 Å². The number of hydrogen-bond acceptors (Lipinski definition) is 5. The normalized spacial score (nSPS) is 14.6. The maximum Gasteiger partial charge on any atom is 0.274 e. The van der Waals surface area contributed by atoms with Crippen molar-refractivity contribution < 1.29 is 18.7 Å². The van der Waals surface area contributed by atoms with E-state index >= 15 is 0 Å². The number of nitrogens with zero attached hydrogens (tertiary/aromatic N) is 2. The van der Waals surface area contributed by atoms with Crippen molar-refractivity contribution in [2.45, 2.75) is 25.7 Å². The van der Waals surface area contributed by atoms with Gasteiger partial charge in [0.05, 0.1) is 12.2 Å². The SMILES string of the molecule is COCCNC(=O)c1ncoc1-c1ccccc1C(=O)N1CCCCCC1. The van der Waals surface area contributed by atoms with Crippen LogP contribution in [-0.4, -0.2) is 55.0 Å². The number of benzene rings is 1. The molecule has 0 saturated carbocycles. The average Bonchev–Trinajstić information content (AvgIpc) is 3.02. The molecule has 7 nitrogen and oxygen atoms in total. The molecule has 0 bridgehead atoms. The number of methoxy groups -OCH3 is 1. The maximum atomic E-state index is 13.1. The molecule has 3 rings (SSSR count). The van der Waals surface area contributed by atoms with Crippen molar-refractivity contribution in [3.8, 4) is 11.3 Å². The summed E-state index contributed by atoms with van der Waals surface area (Å²) < 4.78 is 10.5. The van der Waals surface area contributed by atoms with Crippen LogP contribution in [0.1, 0.15) is 46.5 Å². The number of aromatic nitrogens is 1. The Balaban J connectivity index is 1.87. The highest BCUT2D eigenvalue weighted by Crippen LogP contribution is 2.28. The van der Waals surface area contributed by atoms with Crippen LogP contribution in [0.4, 0.5) is 0 Å². The molecule has 1 saturated heterocycles. The number of nitrogens with one attached hydrogen (secondary N) is 1. The molecule has 0 radical (unpaired) electrons. The Morgan fingerprint density at radius 1 is 1.19 bits per heavy atom.